The topological polar surface area (TPSA) is 83.6 Å². The molecule has 8 heteroatoms. The summed E-state index contributed by atoms with van der Waals surface area (Å²) in [5.41, 5.74) is 2.76. The van der Waals surface area contributed by atoms with Gasteiger partial charge >= 0.3 is 6.03 Å². The van der Waals surface area contributed by atoms with Crippen LogP contribution in [-0.2, 0) is 6.54 Å². The first-order valence-corrected chi connectivity index (χ1v) is 10.8. The molecule has 3 amide bonds. The monoisotopic (exact) mass is 434 g/mol. The molecule has 0 bridgehead atoms. The lowest BCUT2D eigenvalue weighted by molar-refractivity contribution is 0.0951. The van der Waals surface area contributed by atoms with Gasteiger partial charge in [0.1, 0.15) is 10.8 Å². The fraction of sp³-hybridized carbons (Fsp3) is 0.174. The number of thioether (sulfide) groups is 1. The molecule has 0 spiro atoms. The van der Waals surface area contributed by atoms with E-state index in [1.807, 2.05) is 36.4 Å². The minimum atomic E-state index is -0.247. The summed E-state index contributed by atoms with van der Waals surface area (Å²) in [6.07, 6.45) is 1.72. The molecule has 7 nitrogen and oxygen atoms in total. The van der Waals surface area contributed by atoms with Crippen LogP contribution in [-0.4, -0.2) is 36.3 Å². The van der Waals surface area contributed by atoms with Gasteiger partial charge in [0.15, 0.2) is 0 Å². The van der Waals surface area contributed by atoms with Crippen LogP contribution in [0.3, 0.4) is 0 Å². The SMILES string of the molecule is COc1cccc(CNC(=O)c2cccc(NC(=O)N3CCSc4ncccc43)c2)c1. The number of fused-ring (bicyclic) bond motifs is 1. The number of urea groups is 1. The van der Waals surface area contributed by atoms with Gasteiger partial charge in [-0.05, 0) is 48.0 Å². The number of aromatic nitrogens is 1. The Labute approximate surface area is 184 Å². The lowest BCUT2D eigenvalue weighted by Crippen LogP contribution is -2.38. The maximum absolute atomic E-state index is 12.8. The molecule has 2 aromatic carbocycles. The lowest BCUT2D eigenvalue weighted by Gasteiger charge is -2.28. The number of carbonyl (C=O) groups is 2. The molecule has 0 atom stereocenters. The number of carbonyl (C=O) groups excluding carboxylic acids is 2. The maximum Gasteiger partial charge on any atom is 0.326 e. The maximum atomic E-state index is 12.8. The molecule has 4 rings (SSSR count). The van der Waals surface area contributed by atoms with Gasteiger partial charge in [0.2, 0.25) is 0 Å². The third-order valence-corrected chi connectivity index (χ3v) is 5.78. The molecule has 158 valence electrons. The Hall–Kier alpha value is -3.52. The molecule has 0 fully saturated rings. The lowest BCUT2D eigenvalue weighted by atomic mass is 10.1. The number of hydrogen-bond donors (Lipinski definition) is 2. The van der Waals surface area contributed by atoms with Crippen LogP contribution >= 0.6 is 11.8 Å². The number of ether oxygens (including phenoxy) is 1. The molecule has 2 N–H and O–H groups in total. The first-order chi connectivity index (χ1) is 15.1. The molecule has 0 unspecified atom stereocenters. The Kier molecular flexibility index (Phi) is 6.37. The largest absolute Gasteiger partial charge is 0.497 e. The zero-order valence-electron chi connectivity index (χ0n) is 17.0. The van der Waals surface area contributed by atoms with E-state index >= 15 is 0 Å². The average molecular weight is 435 g/mol. The number of amides is 3. The first-order valence-electron chi connectivity index (χ1n) is 9.81. The van der Waals surface area contributed by atoms with E-state index in [1.165, 1.54) is 0 Å². The van der Waals surface area contributed by atoms with Crippen LogP contribution in [0.2, 0.25) is 0 Å². The van der Waals surface area contributed by atoms with Gasteiger partial charge in [-0.2, -0.15) is 0 Å². The van der Waals surface area contributed by atoms with Crippen molar-refractivity contribution in [2.45, 2.75) is 11.6 Å². The number of benzene rings is 2. The minimum Gasteiger partial charge on any atom is -0.497 e. The van der Waals surface area contributed by atoms with Crippen molar-refractivity contribution in [2.75, 3.05) is 29.6 Å². The third-order valence-electron chi connectivity index (χ3n) is 4.80. The number of anilines is 2. The van der Waals surface area contributed by atoms with E-state index in [0.29, 0.717) is 24.3 Å². The van der Waals surface area contributed by atoms with E-state index in [2.05, 4.69) is 15.6 Å². The molecule has 1 aliphatic rings. The van der Waals surface area contributed by atoms with Crippen molar-refractivity contribution in [1.82, 2.24) is 10.3 Å². The van der Waals surface area contributed by atoms with Crippen molar-refractivity contribution in [3.63, 3.8) is 0 Å². The standard InChI is InChI=1S/C23H22N4O3S/c1-30-19-8-2-5-16(13-19)15-25-21(28)17-6-3-7-18(14-17)26-23(29)27-11-12-31-22-20(27)9-4-10-24-22/h2-10,13-14H,11-12,15H2,1H3,(H,25,28)(H,26,29). The highest BCUT2D eigenvalue weighted by Gasteiger charge is 2.23. The second kappa shape index (κ2) is 9.53. The zero-order chi connectivity index (χ0) is 21.6. The number of hydrogen-bond acceptors (Lipinski definition) is 5. The van der Waals surface area contributed by atoms with Gasteiger partial charge in [-0.25, -0.2) is 9.78 Å². The molecule has 2 heterocycles. The summed E-state index contributed by atoms with van der Waals surface area (Å²) in [7, 11) is 1.61. The fourth-order valence-electron chi connectivity index (χ4n) is 3.26. The van der Waals surface area contributed by atoms with Gasteiger partial charge < -0.3 is 15.4 Å². The predicted octanol–water partition coefficient (Wildman–Crippen LogP) is 4.16. The summed E-state index contributed by atoms with van der Waals surface area (Å²) in [6, 6.07) is 17.9. The van der Waals surface area contributed by atoms with Crippen LogP contribution in [0, 0.1) is 0 Å². The molecule has 1 aliphatic heterocycles. The van der Waals surface area contributed by atoms with Crippen LogP contribution in [0.15, 0.2) is 71.9 Å². The molecular formula is C23H22N4O3S. The Bertz CT molecular complexity index is 1110. The van der Waals surface area contributed by atoms with E-state index in [-0.39, 0.29) is 11.9 Å². The Morgan fingerprint density at radius 3 is 2.87 bits per heavy atom. The predicted molar refractivity (Wildman–Crippen MR) is 122 cm³/mol. The second-order valence-corrected chi connectivity index (χ2v) is 7.96. The van der Waals surface area contributed by atoms with Crippen LogP contribution in [0.25, 0.3) is 0 Å². The highest BCUT2D eigenvalue weighted by atomic mass is 32.2. The molecule has 0 radical (unpaired) electrons. The van der Waals surface area contributed by atoms with Crippen LogP contribution in [0.1, 0.15) is 15.9 Å². The van der Waals surface area contributed by atoms with E-state index < -0.39 is 0 Å². The van der Waals surface area contributed by atoms with Crippen molar-refractivity contribution in [2.24, 2.45) is 0 Å². The van der Waals surface area contributed by atoms with Crippen molar-refractivity contribution in [1.29, 1.82) is 0 Å². The van der Waals surface area contributed by atoms with Crippen LogP contribution in [0.4, 0.5) is 16.2 Å². The molecule has 1 aromatic heterocycles. The third kappa shape index (κ3) is 4.97. The number of methoxy groups -OCH3 is 1. The first kappa shape index (κ1) is 20.7. The number of rotatable bonds is 5. The molecule has 0 saturated carbocycles. The summed E-state index contributed by atoms with van der Waals surface area (Å²) in [5, 5.41) is 6.63. The van der Waals surface area contributed by atoms with Crippen molar-refractivity contribution < 1.29 is 14.3 Å². The molecular weight excluding hydrogens is 412 g/mol. The van der Waals surface area contributed by atoms with Gasteiger partial charge in [-0.15, -0.1) is 11.8 Å². The van der Waals surface area contributed by atoms with Crippen LogP contribution in [0.5, 0.6) is 5.75 Å². The zero-order valence-corrected chi connectivity index (χ0v) is 17.8. The van der Waals surface area contributed by atoms with Crippen molar-refractivity contribution >= 4 is 35.1 Å². The van der Waals surface area contributed by atoms with Gasteiger partial charge in [-0.1, -0.05) is 18.2 Å². The highest BCUT2D eigenvalue weighted by molar-refractivity contribution is 7.99. The summed E-state index contributed by atoms with van der Waals surface area (Å²) in [5.74, 6) is 1.30. The summed E-state index contributed by atoms with van der Waals surface area (Å²) >= 11 is 1.63. The van der Waals surface area contributed by atoms with Crippen LogP contribution < -0.4 is 20.3 Å². The van der Waals surface area contributed by atoms with E-state index in [4.69, 9.17) is 4.74 Å². The Balaban J connectivity index is 1.41. The van der Waals surface area contributed by atoms with Crippen molar-refractivity contribution in [3.05, 3.63) is 78.0 Å². The Morgan fingerprint density at radius 2 is 2.00 bits per heavy atom. The van der Waals surface area contributed by atoms with Gasteiger partial charge in [0.25, 0.3) is 5.91 Å². The van der Waals surface area contributed by atoms with Gasteiger partial charge in [-0.3, -0.25) is 9.69 Å². The normalized spacial score (nSPS) is 12.6. The molecule has 0 saturated heterocycles. The fourth-order valence-corrected chi connectivity index (χ4v) is 4.19. The molecule has 0 aliphatic carbocycles. The average Bonchev–Trinajstić information content (AvgIpc) is 2.82. The number of nitrogens with one attached hydrogen (secondary N) is 2. The summed E-state index contributed by atoms with van der Waals surface area (Å²) in [4.78, 5) is 31.5. The van der Waals surface area contributed by atoms with Gasteiger partial charge in [0, 0.05) is 36.3 Å². The Morgan fingerprint density at radius 1 is 1.13 bits per heavy atom. The second-order valence-electron chi connectivity index (χ2n) is 6.87. The molecule has 31 heavy (non-hydrogen) atoms. The van der Waals surface area contributed by atoms with Crippen molar-refractivity contribution in [3.8, 4) is 5.75 Å². The smallest absolute Gasteiger partial charge is 0.326 e. The van der Waals surface area contributed by atoms with E-state index in [1.54, 1.807) is 54.2 Å². The van der Waals surface area contributed by atoms with E-state index in [9.17, 15) is 9.59 Å². The number of pyridine rings is 1. The quantitative estimate of drug-likeness (QED) is 0.630. The van der Waals surface area contributed by atoms with Gasteiger partial charge in [0.05, 0.1) is 12.8 Å². The highest BCUT2D eigenvalue weighted by Crippen LogP contribution is 2.32. The summed E-state index contributed by atoms with van der Waals surface area (Å²) < 4.78 is 5.21. The van der Waals surface area contributed by atoms with E-state index in [0.717, 1.165) is 27.8 Å². The number of nitrogens with zero attached hydrogens (tertiary/aromatic N) is 2. The molecule has 3 aromatic rings. The minimum absolute atomic E-state index is 0.220. The summed E-state index contributed by atoms with van der Waals surface area (Å²) in [6.45, 7) is 0.970.